The van der Waals surface area contributed by atoms with Crippen LogP contribution in [0.5, 0.6) is 0 Å². The number of benzene rings is 1. The van der Waals surface area contributed by atoms with Crippen LogP contribution in [0.4, 0.5) is 0 Å². The lowest BCUT2D eigenvalue weighted by molar-refractivity contribution is 0.230. The largest absolute Gasteiger partial charge is 0.441 e. The maximum Gasteiger partial charge on any atom is 0.226 e. The van der Waals surface area contributed by atoms with Crippen LogP contribution in [0.3, 0.4) is 0 Å². The first-order valence-electron chi connectivity index (χ1n) is 7.19. The van der Waals surface area contributed by atoms with E-state index in [-0.39, 0.29) is 0 Å². The van der Waals surface area contributed by atoms with Gasteiger partial charge in [0.1, 0.15) is 5.76 Å². The van der Waals surface area contributed by atoms with Gasteiger partial charge in [0, 0.05) is 38.3 Å². The molecule has 2 heterocycles. The zero-order valence-electron chi connectivity index (χ0n) is 12.1. The molecule has 3 rings (SSSR count). The summed E-state index contributed by atoms with van der Waals surface area (Å²) in [6, 6.07) is 8.31. The highest BCUT2D eigenvalue weighted by atomic mass is 16.4. The van der Waals surface area contributed by atoms with Crippen molar-refractivity contribution in [3.8, 4) is 11.5 Å². The molecule has 0 unspecified atom stereocenters. The molecule has 1 aliphatic heterocycles. The molecular formula is C16H21N3O. The molecule has 4 heteroatoms. The van der Waals surface area contributed by atoms with Crippen LogP contribution in [0.15, 0.2) is 28.7 Å². The first-order chi connectivity index (χ1) is 9.72. The minimum atomic E-state index is 0.729. The van der Waals surface area contributed by atoms with Crippen molar-refractivity contribution in [2.75, 3.05) is 26.2 Å². The molecule has 20 heavy (non-hydrogen) atoms. The Morgan fingerprint density at radius 2 is 1.85 bits per heavy atom. The van der Waals surface area contributed by atoms with E-state index in [0.717, 1.165) is 55.6 Å². The van der Waals surface area contributed by atoms with E-state index < -0.39 is 0 Å². The first kappa shape index (κ1) is 13.3. The van der Waals surface area contributed by atoms with Crippen molar-refractivity contribution in [3.63, 3.8) is 0 Å². The molecule has 2 aromatic rings. The van der Waals surface area contributed by atoms with Crippen molar-refractivity contribution >= 4 is 0 Å². The summed E-state index contributed by atoms with van der Waals surface area (Å²) in [5.74, 6) is 1.66. The lowest BCUT2D eigenvalue weighted by atomic mass is 10.1. The van der Waals surface area contributed by atoms with Gasteiger partial charge in [-0.05, 0) is 26.0 Å². The highest BCUT2D eigenvalue weighted by Crippen LogP contribution is 2.23. The Kier molecular flexibility index (Phi) is 3.85. The molecule has 0 spiro atoms. The molecule has 1 aromatic carbocycles. The number of hydrogen-bond acceptors (Lipinski definition) is 4. The monoisotopic (exact) mass is 271 g/mol. The number of aromatic nitrogens is 1. The Bertz CT molecular complexity index is 568. The quantitative estimate of drug-likeness (QED) is 0.930. The van der Waals surface area contributed by atoms with E-state index >= 15 is 0 Å². The van der Waals surface area contributed by atoms with Gasteiger partial charge in [-0.25, -0.2) is 4.98 Å². The number of nitrogens with zero attached hydrogens (tertiary/aromatic N) is 2. The second-order valence-corrected chi connectivity index (χ2v) is 5.41. The van der Waals surface area contributed by atoms with Crippen LogP contribution in [-0.2, 0) is 6.54 Å². The minimum absolute atomic E-state index is 0.729. The van der Waals surface area contributed by atoms with Crippen molar-refractivity contribution in [2.24, 2.45) is 0 Å². The summed E-state index contributed by atoms with van der Waals surface area (Å²) < 4.78 is 5.83. The van der Waals surface area contributed by atoms with Crippen LogP contribution in [0.1, 0.15) is 17.0 Å². The van der Waals surface area contributed by atoms with Gasteiger partial charge in [-0.15, -0.1) is 0 Å². The molecule has 1 aromatic heterocycles. The number of oxazole rings is 1. The topological polar surface area (TPSA) is 41.3 Å². The third kappa shape index (κ3) is 2.92. The fraction of sp³-hybridized carbons (Fsp3) is 0.438. The molecule has 0 amide bonds. The normalized spacial score (nSPS) is 16.5. The van der Waals surface area contributed by atoms with Gasteiger partial charge in [0.25, 0.3) is 0 Å². The third-order valence-electron chi connectivity index (χ3n) is 3.77. The van der Waals surface area contributed by atoms with Crippen LogP contribution in [-0.4, -0.2) is 36.1 Å². The predicted octanol–water partition coefficient (Wildman–Crippen LogP) is 2.36. The Hall–Kier alpha value is -1.65. The van der Waals surface area contributed by atoms with E-state index in [9.17, 15) is 0 Å². The summed E-state index contributed by atoms with van der Waals surface area (Å²) >= 11 is 0. The molecule has 1 aliphatic rings. The second kappa shape index (κ2) is 5.77. The Labute approximate surface area is 119 Å². The zero-order chi connectivity index (χ0) is 13.9. The molecule has 0 bridgehead atoms. The molecule has 0 atom stereocenters. The number of hydrogen-bond donors (Lipinski definition) is 1. The van der Waals surface area contributed by atoms with Crippen LogP contribution >= 0.6 is 0 Å². The van der Waals surface area contributed by atoms with Crippen LogP contribution in [0.25, 0.3) is 11.5 Å². The predicted molar refractivity (Wildman–Crippen MR) is 79.6 cm³/mol. The SMILES string of the molecule is Cc1ccc(-c2nc(CN3CCNCC3)c(C)o2)cc1. The van der Waals surface area contributed by atoms with Crippen LogP contribution in [0, 0.1) is 13.8 Å². The van der Waals surface area contributed by atoms with Gasteiger partial charge in [-0.2, -0.15) is 0 Å². The summed E-state index contributed by atoms with van der Waals surface area (Å²) in [7, 11) is 0. The van der Waals surface area contributed by atoms with E-state index in [1.54, 1.807) is 0 Å². The average Bonchev–Trinajstić information content (AvgIpc) is 2.82. The fourth-order valence-corrected chi connectivity index (χ4v) is 2.48. The summed E-state index contributed by atoms with van der Waals surface area (Å²) in [4.78, 5) is 7.09. The molecule has 0 saturated carbocycles. The lowest BCUT2D eigenvalue weighted by Crippen LogP contribution is -2.43. The Morgan fingerprint density at radius 1 is 1.15 bits per heavy atom. The average molecular weight is 271 g/mol. The molecule has 4 nitrogen and oxygen atoms in total. The lowest BCUT2D eigenvalue weighted by Gasteiger charge is -2.26. The van der Waals surface area contributed by atoms with E-state index in [2.05, 4.69) is 46.4 Å². The van der Waals surface area contributed by atoms with E-state index in [0.29, 0.717) is 0 Å². The van der Waals surface area contributed by atoms with Crippen molar-refractivity contribution in [3.05, 3.63) is 41.3 Å². The number of nitrogens with one attached hydrogen (secondary N) is 1. The van der Waals surface area contributed by atoms with Crippen molar-refractivity contribution in [1.29, 1.82) is 0 Å². The molecule has 106 valence electrons. The number of piperazine rings is 1. The molecular weight excluding hydrogens is 250 g/mol. The molecule has 0 radical (unpaired) electrons. The molecule has 1 saturated heterocycles. The zero-order valence-corrected chi connectivity index (χ0v) is 12.1. The van der Waals surface area contributed by atoms with E-state index in [1.165, 1.54) is 5.56 Å². The summed E-state index contributed by atoms with van der Waals surface area (Å²) in [5, 5.41) is 3.37. The highest BCUT2D eigenvalue weighted by molar-refractivity contribution is 5.54. The maximum absolute atomic E-state index is 5.83. The fourth-order valence-electron chi connectivity index (χ4n) is 2.48. The minimum Gasteiger partial charge on any atom is -0.441 e. The third-order valence-corrected chi connectivity index (χ3v) is 3.77. The Balaban J connectivity index is 1.78. The smallest absolute Gasteiger partial charge is 0.226 e. The highest BCUT2D eigenvalue weighted by Gasteiger charge is 2.16. The number of aryl methyl sites for hydroxylation is 2. The molecule has 1 fully saturated rings. The van der Waals surface area contributed by atoms with Gasteiger partial charge in [-0.3, -0.25) is 4.90 Å². The van der Waals surface area contributed by atoms with Gasteiger partial charge in [0.05, 0.1) is 5.69 Å². The number of rotatable bonds is 3. The summed E-state index contributed by atoms with van der Waals surface area (Å²) in [5.41, 5.74) is 3.35. The standard InChI is InChI=1S/C16H21N3O/c1-12-3-5-14(6-4-12)16-18-15(13(2)20-16)11-19-9-7-17-8-10-19/h3-6,17H,7-11H2,1-2H3. The molecule has 1 N–H and O–H groups in total. The maximum atomic E-state index is 5.83. The summed E-state index contributed by atoms with van der Waals surface area (Å²) in [6.45, 7) is 9.23. The van der Waals surface area contributed by atoms with Gasteiger partial charge in [0.2, 0.25) is 5.89 Å². The van der Waals surface area contributed by atoms with Crippen molar-refractivity contribution < 1.29 is 4.42 Å². The molecule has 0 aliphatic carbocycles. The van der Waals surface area contributed by atoms with Gasteiger partial charge in [0.15, 0.2) is 0 Å². The van der Waals surface area contributed by atoms with E-state index in [4.69, 9.17) is 4.42 Å². The van der Waals surface area contributed by atoms with Crippen molar-refractivity contribution in [1.82, 2.24) is 15.2 Å². The van der Waals surface area contributed by atoms with Crippen LogP contribution < -0.4 is 5.32 Å². The Morgan fingerprint density at radius 3 is 2.55 bits per heavy atom. The van der Waals surface area contributed by atoms with Gasteiger partial charge in [-0.1, -0.05) is 17.7 Å². The second-order valence-electron chi connectivity index (χ2n) is 5.41. The van der Waals surface area contributed by atoms with Gasteiger partial charge >= 0.3 is 0 Å². The van der Waals surface area contributed by atoms with Gasteiger partial charge < -0.3 is 9.73 Å². The van der Waals surface area contributed by atoms with Crippen LogP contribution in [0.2, 0.25) is 0 Å². The van der Waals surface area contributed by atoms with Crippen molar-refractivity contribution in [2.45, 2.75) is 20.4 Å². The first-order valence-corrected chi connectivity index (χ1v) is 7.19. The summed E-state index contributed by atoms with van der Waals surface area (Å²) in [6.07, 6.45) is 0. The van der Waals surface area contributed by atoms with E-state index in [1.807, 2.05) is 6.92 Å².